The molecule has 0 radical (unpaired) electrons. The van der Waals surface area contributed by atoms with Crippen LogP contribution in [0.4, 0.5) is 14.9 Å². The first kappa shape index (κ1) is 15.3. The van der Waals surface area contributed by atoms with E-state index in [4.69, 9.17) is 4.74 Å². The zero-order valence-electron chi connectivity index (χ0n) is 11.8. The average Bonchev–Trinajstić information content (AvgIpc) is 2.27. The molecule has 0 saturated carbocycles. The molecule has 0 aliphatic rings. The third kappa shape index (κ3) is 6.08. The van der Waals surface area contributed by atoms with Crippen molar-refractivity contribution in [3.63, 3.8) is 0 Å². The highest BCUT2D eigenvalue weighted by Crippen LogP contribution is 2.13. The lowest BCUT2D eigenvalue weighted by atomic mass is 10.2. The van der Waals surface area contributed by atoms with Crippen molar-refractivity contribution in [1.29, 1.82) is 0 Å². The number of aryl methyl sites for hydroxylation is 1. The van der Waals surface area contributed by atoms with Crippen LogP contribution in [0.25, 0.3) is 0 Å². The molecule has 1 aromatic carbocycles. The Morgan fingerprint density at radius 3 is 2.58 bits per heavy atom. The summed E-state index contributed by atoms with van der Waals surface area (Å²) in [5.41, 5.74) is 0.918. The lowest BCUT2D eigenvalue weighted by molar-refractivity contribution is 0.0530. The lowest BCUT2D eigenvalue weighted by Gasteiger charge is -2.19. The van der Waals surface area contributed by atoms with Gasteiger partial charge in [0.25, 0.3) is 0 Å². The van der Waals surface area contributed by atoms with Crippen LogP contribution in [0.15, 0.2) is 18.2 Å². The number of alkyl carbamates (subject to hydrolysis) is 1. The Morgan fingerprint density at radius 2 is 2.00 bits per heavy atom. The van der Waals surface area contributed by atoms with Crippen LogP contribution in [-0.2, 0) is 4.74 Å². The van der Waals surface area contributed by atoms with Crippen LogP contribution in [0.3, 0.4) is 0 Å². The fraction of sp³-hybridized carbons (Fsp3) is 0.500. The Kier molecular flexibility index (Phi) is 5.15. The van der Waals surface area contributed by atoms with Crippen LogP contribution in [-0.4, -0.2) is 24.8 Å². The van der Waals surface area contributed by atoms with Crippen LogP contribution < -0.4 is 10.6 Å². The van der Waals surface area contributed by atoms with Gasteiger partial charge in [0.05, 0.1) is 0 Å². The number of anilines is 1. The summed E-state index contributed by atoms with van der Waals surface area (Å²) in [6.45, 7) is 8.12. The van der Waals surface area contributed by atoms with Gasteiger partial charge in [0.2, 0.25) is 0 Å². The normalized spacial score (nSPS) is 11.0. The van der Waals surface area contributed by atoms with Crippen molar-refractivity contribution >= 4 is 11.8 Å². The quantitative estimate of drug-likeness (QED) is 0.825. The van der Waals surface area contributed by atoms with Gasteiger partial charge in [-0.3, -0.25) is 0 Å². The summed E-state index contributed by atoms with van der Waals surface area (Å²) >= 11 is 0. The summed E-state index contributed by atoms with van der Waals surface area (Å²) in [5, 5.41) is 5.73. The van der Waals surface area contributed by atoms with Gasteiger partial charge >= 0.3 is 6.09 Å². The van der Waals surface area contributed by atoms with Crippen molar-refractivity contribution in [2.24, 2.45) is 0 Å². The number of hydrogen-bond acceptors (Lipinski definition) is 3. The highest BCUT2D eigenvalue weighted by atomic mass is 19.1. The Hall–Kier alpha value is -1.78. The largest absolute Gasteiger partial charge is 0.444 e. The van der Waals surface area contributed by atoms with E-state index in [1.807, 2.05) is 20.8 Å². The van der Waals surface area contributed by atoms with Crippen molar-refractivity contribution in [1.82, 2.24) is 5.32 Å². The van der Waals surface area contributed by atoms with Crippen molar-refractivity contribution in [2.75, 3.05) is 18.4 Å². The first-order chi connectivity index (χ1) is 8.78. The van der Waals surface area contributed by atoms with E-state index >= 15 is 0 Å². The maximum Gasteiger partial charge on any atom is 0.407 e. The minimum absolute atomic E-state index is 0.225. The number of halogens is 1. The van der Waals surface area contributed by atoms with E-state index in [0.29, 0.717) is 18.7 Å². The monoisotopic (exact) mass is 268 g/mol. The topological polar surface area (TPSA) is 50.4 Å². The molecule has 0 atom stereocenters. The van der Waals surface area contributed by atoms with Gasteiger partial charge in [-0.25, -0.2) is 9.18 Å². The molecule has 5 heteroatoms. The molecule has 0 aliphatic carbocycles. The van der Waals surface area contributed by atoms with Crippen molar-refractivity contribution < 1.29 is 13.9 Å². The van der Waals surface area contributed by atoms with Crippen LogP contribution in [0, 0.1) is 12.7 Å². The standard InChI is InChI=1S/C14H21FN2O2/c1-10-9-11(5-6-12(10)15)16-7-8-17-13(18)19-14(2,3)4/h5-6,9,16H,7-8H2,1-4H3,(H,17,18). The summed E-state index contributed by atoms with van der Waals surface area (Å²) in [4.78, 5) is 11.4. The highest BCUT2D eigenvalue weighted by molar-refractivity contribution is 5.67. The van der Waals surface area contributed by atoms with Crippen LogP contribution >= 0.6 is 0 Å². The number of rotatable bonds is 4. The fourth-order valence-electron chi connectivity index (χ4n) is 1.44. The number of ether oxygens (including phenoxy) is 1. The molecule has 19 heavy (non-hydrogen) atoms. The second-order valence-corrected chi connectivity index (χ2v) is 5.32. The molecule has 1 amide bonds. The van der Waals surface area contributed by atoms with Gasteiger partial charge in [0, 0.05) is 18.8 Å². The highest BCUT2D eigenvalue weighted by Gasteiger charge is 2.15. The number of nitrogens with one attached hydrogen (secondary N) is 2. The molecule has 1 aromatic rings. The molecule has 4 nitrogen and oxygen atoms in total. The van der Waals surface area contributed by atoms with Crippen molar-refractivity contribution in [3.8, 4) is 0 Å². The van der Waals surface area contributed by atoms with Gasteiger partial charge in [-0.2, -0.15) is 0 Å². The van der Waals surface area contributed by atoms with E-state index in [1.165, 1.54) is 6.07 Å². The van der Waals surface area contributed by atoms with E-state index in [2.05, 4.69) is 10.6 Å². The minimum atomic E-state index is -0.494. The van der Waals surface area contributed by atoms with E-state index in [-0.39, 0.29) is 5.82 Å². The summed E-state index contributed by atoms with van der Waals surface area (Å²) < 4.78 is 18.1. The Balaban J connectivity index is 2.27. The Morgan fingerprint density at radius 1 is 1.32 bits per heavy atom. The Bertz CT molecular complexity index is 442. The zero-order valence-corrected chi connectivity index (χ0v) is 11.8. The molecule has 0 spiro atoms. The first-order valence-corrected chi connectivity index (χ1v) is 6.25. The lowest BCUT2D eigenvalue weighted by Crippen LogP contribution is -2.34. The van der Waals surface area contributed by atoms with E-state index in [9.17, 15) is 9.18 Å². The second-order valence-electron chi connectivity index (χ2n) is 5.32. The molecule has 0 aliphatic heterocycles. The smallest absolute Gasteiger partial charge is 0.407 e. The fourth-order valence-corrected chi connectivity index (χ4v) is 1.44. The number of carbonyl (C=O) groups excluding carboxylic acids is 1. The van der Waals surface area contributed by atoms with Crippen LogP contribution in [0.5, 0.6) is 0 Å². The van der Waals surface area contributed by atoms with Gasteiger partial charge in [-0.05, 0) is 51.5 Å². The maximum atomic E-state index is 13.0. The average molecular weight is 268 g/mol. The predicted octanol–water partition coefficient (Wildman–Crippen LogP) is 3.07. The van der Waals surface area contributed by atoms with Crippen molar-refractivity contribution in [2.45, 2.75) is 33.3 Å². The molecule has 1 rings (SSSR count). The molecule has 106 valence electrons. The maximum absolute atomic E-state index is 13.0. The van der Waals surface area contributed by atoms with Gasteiger partial charge < -0.3 is 15.4 Å². The molecular weight excluding hydrogens is 247 g/mol. The summed E-state index contributed by atoms with van der Waals surface area (Å²) in [6, 6.07) is 4.80. The van der Waals surface area contributed by atoms with Crippen LogP contribution in [0.1, 0.15) is 26.3 Å². The molecule has 0 heterocycles. The molecule has 0 fully saturated rings. The van der Waals surface area contributed by atoms with Gasteiger partial charge in [0.15, 0.2) is 0 Å². The minimum Gasteiger partial charge on any atom is -0.444 e. The van der Waals surface area contributed by atoms with Crippen molar-refractivity contribution in [3.05, 3.63) is 29.6 Å². The first-order valence-electron chi connectivity index (χ1n) is 6.25. The SMILES string of the molecule is Cc1cc(NCCNC(=O)OC(C)(C)C)ccc1F. The molecular formula is C14H21FN2O2. The molecule has 0 unspecified atom stereocenters. The van der Waals surface area contributed by atoms with Gasteiger partial charge in [0.1, 0.15) is 11.4 Å². The molecule has 2 N–H and O–H groups in total. The van der Waals surface area contributed by atoms with Gasteiger partial charge in [-0.1, -0.05) is 0 Å². The Labute approximate surface area is 113 Å². The van der Waals surface area contributed by atoms with E-state index < -0.39 is 11.7 Å². The van der Waals surface area contributed by atoms with E-state index in [0.717, 1.165) is 5.69 Å². The number of carbonyl (C=O) groups is 1. The zero-order chi connectivity index (χ0) is 14.5. The number of benzene rings is 1. The molecule has 0 saturated heterocycles. The third-order valence-corrected chi connectivity index (χ3v) is 2.28. The molecule has 0 bridgehead atoms. The number of amides is 1. The van der Waals surface area contributed by atoms with Crippen LogP contribution in [0.2, 0.25) is 0 Å². The second kappa shape index (κ2) is 6.41. The summed E-state index contributed by atoms with van der Waals surface area (Å²) in [7, 11) is 0. The van der Waals surface area contributed by atoms with Gasteiger partial charge in [-0.15, -0.1) is 0 Å². The third-order valence-electron chi connectivity index (χ3n) is 2.28. The predicted molar refractivity (Wildman–Crippen MR) is 73.9 cm³/mol. The van der Waals surface area contributed by atoms with E-state index in [1.54, 1.807) is 19.1 Å². The summed E-state index contributed by atoms with van der Waals surface area (Å²) in [5.74, 6) is -0.225. The molecule has 0 aromatic heterocycles. The number of hydrogen-bond donors (Lipinski definition) is 2. The summed E-state index contributed by atoms with van der Waals surface area (Å²) in [6.07, 6.45) is -0.440.